The smallest absolute Gasteiger partial charge is 0.419 e. The highest BCUT2D eigenvalue weighted by atomic mass is 19.4. The molecule has 2 aromatic rings. The summed E-state index contributed by atoms with van der Waals surface area (Å²) < 4.78 is 57.4. The van der Waals surface area contributed by atoms with E-state index in [4.69, 9.17) is 4.74 Å². The summed E-state index contributed by atoms with van der Waals surface area (Å²) in [4.78, 5) is 24.2. The number of unbranched alkanes of at least 4 members (excludes halogenated alkanes) is 2. The number of hydrogen-bond acceptors (Lipinski definition) is 3. The number of alkyl halides is 3. The number of halogens is 4. The molecule has 190 valence electrons. The SMILES string of the molecule is CC(C)(C)OC(=O)NCCCCCNC(=O)c1ccccc1/C=C\c1ccc(F)c(C(F)(F)F)c1. The number of ether oxygens (including phenoxy) is 1. The molecule has 0 saturated carbocycles. The standard InChI is InChI=1S/C26H30F4N2O3/c1-25(2,3)35-24(34)32-16-8-4-7-15-31-23(33)20-10-6-5-9-19(20)13-11-18-12-14-22(27)21(17-18)26(28,29)30/h5-6,9-14,17H,4,7-8,15-16H2,1-3H3,(H,31,33)(H,32,34)/b13-11-. The van der Waals surface area contributed by atoms with Gasteiger partial charge in [-0.05, 0) is 69.4 Å². The molecule has 0 aliphatic carbocycles. The van der Waals surface area contributed by atoms with Gasteiger partial charge < -0.3 is 15.4 Å². The second-order valence-electron chi connectivity index (χ2n) is 8.90. The fraction of sp³-hybridized carbons (Fsp3) is 0.385. The lowest BCUT2D eigenvalue weighted by atomic mass is 10.0. The lowest BCUT2D eigenvalue weighted by molar-refractivity contribution is -0.140. The van der Waals surface area contributed by atoms with E-state index in [0.717, 1.165) is 25.0 Å². The molecule has 2 rings (SSSR count). The Bertz CT molecular complexity index is 1040. The molecule has 2 aromatic carbocycles. The summed E-state index contributed by atoms with van der Waals surface area (Å²) in [5.41, 5.74) is -0.843. The van der Waals surface area contributed by atoms with Crippen LogP contribution in [0.15, 0.2) is 42.5 Å². The first-order valence-electron chi connectivity index (χ1n) is 11.3. The van der Waals surface area contributed by atoms with E-state index in [-0.39, 0.29) is 11.5 Å². The maximum absolute atomic E-state index is 13.5. The summed E-state index contributed by atoms with van der Waals surface area (Å²) in [6.07, 6.45) is -0.128. The van der Waals surface area contributed by atoms with E-state index in [1.54, 1.807) is 45.0 Å². The fourth-order valence-electron chi connectivity index (χ4n) is 3.13. The third-order valence-corrected chi connectivity index (χ3v) is 4.76. The van der Waals surface area contributed by atoms with E-state index in [9.17, 15) is 27.2 Å². The number of amides is 2. The van der Waals surface area contributed by atoms with Crippen LogP contribution in [-0.2, 0) is 10.9 Å². The number of alkyl carbamates (subject to hydrolysis) is 1. The van der Waals surface area contributed by atoms with Crippen LogP contribution in [-0.4, -0.2) is 30.7 Å². The average Bonchev–Trinajstić information content (AvgIpc) is 2.76. The van der Waals surface area contributed by atoms with Gasteiger partial charge in [0.2, 0.25) is 0 Å². The minimum absolute atomic E-state index is 0.161. The predicted molar refractivity (Wildman–Crippen MR) is 127 cm³/mol. The first-order chi connectivity index (χ1) is 16.4. The van der Waals surface area contributed by atoms with Gasteiger partial charge in [0, 0.05) is 18.7 Å². The Balaban J connectivity index is 1.86. The van der Waals surface area contributed by atoms with Crippen LogP contribution in [0.25, 0.3) is 12.2 Å². The van der Waals surface area contributed by atoms with Gasteiger partial charge in [0.25, 0.3) is 5.91 Å². The van der Waals surface area contributed by atoms with Gasteiger partial charge in [-0.2, -0.15) is 13.2 Å². The minimum Gasteiger partial charge on any atom is -0.444 e. The Labute approximate surface area is 202 Å². The monoisotopic (exact) mass is 494 g/mol. The van der Waals surface area contributed by atoms with Crippen LogP contribution in [0.2, 0.25) is 0 Å². The number of hydrogen-bond donors (Lipinski definition) is 2. The van der Waals surface area contributed by atoms with Crippen molar-refractivity contribution in [3.63, 3.8) is 0 Å². The zero-order valence-corrected chi connectivity index (χ0v) is 20.0. The molecular formula is C26H30F4N2O3. The quantitative estimate of drug-likeness (QED) is 0.240. The van der Waals surface area contributed by atoms with Crippen LogP contribution in [0.1, 0.15) is 67.1 Å². The maximum atomic E-state index is 13.5. The Morgan fingerprint density at radius 1 is 0.914 bits per heavy atom. The van der Waals surface area contributed by atoms with Gasteiger partial charge >= 0.3 is 12.3 Å². The number of rotatable bonds is 9. The van der Waals surface area contributed by atoms with E-state index in [1.807, 2.05) is 0 Å². The van der Waals surface area contributed by atoms with Crippen molar-refractivity contribution in [1.29, 1.82) is 0 Å². The molecule has 0 aliphatic rings. The Morgan fingerprint density at radius 3 is 2.23 bits per heavy atom. The van der Waals surface area contributed by atoms with Gasteiger partial charge in [-0.3, -0.25) is 4.79 Å². The lowest BCUT2D eigenvalue weighted by Gasteiger charge is -2.19. The van der Waals surface area contributed by atoms with Crippen molar-refractivity contribution < 1.29 is 31.9 Å². The molecule has 0 bridgehead atoms. The molecule has 0 heterocycles. The minimum atomic E-state index is -4.79. The predicted octanol–water partition coefficient (Wildman–Crippen LogP) is 6.44. The molecule has 0 fully saturated rings. The number of carbonyl (C=O) groups is 2. The van der Waals surface area contributed by atoms with Crippen molar-refractivity contribution in [1.82, 2.24) is 10.6 Å². The van der Waals surface area contributed by atoms with Crippen LogP contribution in [0.5, 0.6) is 0 Å². The number of benzene rings is 2. The van der Waals surface area contributed by atoms with E-state index < -0.39 is 29.3 Å². The molecule has 2 amide bonds. The summed E-state index contributed by atoms with van der Waals surface area (Å²) in [6.45, 7) is 6.26. The van der Waals surface area contributed by atoms with Gasteiger partial charge in [-0.15, -0.1) is 0 Å². The fourth-order valence-corrected chi connectivity index (χ4v) is 3.13. The Morgan fingerprint density at radius 2 is 1.57 bits per heavy atom. The lowest BCUT2D eigenvalue weighted by Crippen LogP contribution is -2.33. The molecular weight excluding hydrogens is 464 g/mol. The molecule has 0 radical (unpaired) electrons. The highest BCUT2D eigenvalue weighted by Crippen LogP contribution is 2.32. The third kappa shape index (κ3) is 9.80. The van der Waals surface area contributed by atoms with Crippen LogP contribution in [0.3, 0.4) is 0 Å². The van der Waals surface area contributed by atoms with Crippen molar-refractivity contribution >= 4 is 24.2 Å². The molecule has 35 heavy (non-hydrogen) atoms. The van der Waals surface area contributed by atoms with Crippen molar-refractivity contribution in [3.05, 3.63) is 70.5 Å². The summed E-state index contributed by atoms with van der Waals surface area (Å²) in [5, 5.41) is 5.50. The van der Waals surface area contributed by atoms with E-state index in [0.29, 0.717) is 30.6 Å². The van der Waals surface area contributed by atoms with E-state index >= 15 is 0 Å². The van der Waals surface area contributed by atoms with E-state index in [1.165, 1.54) is 18.2 Å². The summed E-state index contributed by atoms with van der Waals surface area (Å²) in [5.74, 6) is -1.65. The number of carbonyl (C=O) groups excluding carboxylic acids is 2. The van der Waals surface area contributed by atoms with Crippen LogP contribution < -0.4 is 10.6 Å². The Hall–Kier alpha value is -3.36. The molecule has 0 spiro atoms. The summed E-state index contributed by atoms with van der Waals surface area (Å²) in [6, 6.07) is 9.42. The van der Waals surface area contributed by atoms with Gasteiger partial charge in [0.1, 0.15) is 11.4 Å². The molecule has 0 aliphatic heterocycles. The normalized spacial score (nSPS) is 12.0. The average molecular weight is 495 g/mol. The zero-order chi connectivity index (χ0) is 26.1. The van der Waals surface area contributed by atoms with Gasteiger partial charge in [0.15, 0.2) is 0 Å². The van der Waals surface area contributed by atoms with Crippen molar-refractivity contribution in [2.75, 3.05) is 13.1 Å². The molecule has 0 aromatic heterocycles. The highest BCUT2D eigenvalue weighted by Gasteiger charge is 2.34. The molecule has 0 atom stereocenters. The van der Waals surface area contributed by atoms with E-state index in [2.05, 4.69) is 10.6 Å². The van der Waals surface area contributed by atoms with Gasteiger partial charge in [0.05, 0.1) is 5.56 Å². The second kappa shape index (κ2) is 12.4. The van der Waals surface area contributed by atoms with Gasteiger partial charge in [-0.25, -0.2) is 9.18 Å². The first kappa shape index (κ1) is 27.9. The molecule has 2 N–H and O–H groups in total. The maximum Gasteiger partial charge on any atom is 0.419 e. The van der Waals surface area contributed by atoms with Crippen LogP contribution in [0, 0.1) is 5.82 Å². The van der Waals surface area contributed by atoms with Crippen LogP contribution >= 0.6 is 0 Å². The van der Waals surface area contributed by atoms with Crippen molar-refractivity contribution in [3.8, 4) is 0 Å². The molecule has 0 unspecified atom stereocenters. The van der Waals surface area contributed by atoms with Crippen molar-refractivity contribution in [2.24, 2.45) is 0 Å². The zero-order valence-electron chi connectivity index (χ0n) is 20.0. The second-order valence-corrected chi connectivity index (χ2v) is 8.90. The third-order valence-electron chi connectivity index (χ3n) is 4.76. The first-order valence-corrected chi connectivity index (χ1v) is 11.3. The summed E-state index contributed by atoms with van der Waals surface area (Å²) >= 11 is 0. The largest absolute Gasteiger partial charge is 0.444 e. The van der Waals surface area contributed by atoms with Crippen molar-refractivity contribution in [2.45, 2.75) is 51.8 Å². The van der Waals surface area contributed by atoms with Gasteiger partial charge in [-0.1, -0.05) is 36.4 Å². The molecule has 0 saturated heterocycles. The van der Waals surface area contributed by atoms with Crippen LogP contribution in [0.4, 0.5) is 22.4 Å². The Kier molecular flexibility index (Phi) is 9.86. The molecule has 5 nitrogen and oxygen atoms in total. The summed E-state index contributed by atoms with van der Waals surface area (Å²) in [7, 11) is 0. The number of nitrogens with one attached hydrogen (secondary N) is 2. The molecule has 9 heteroatoms. The topological polar surface area (TPSA) is 67.4 Å². The highest BCUT2D eigenvalue weighted by molar-refractivity contribution is 5.98.